The van der Waals surface area contributed by atoms with E-state index in [1.807, 2.05) is 0 Å². The number of anilines is 1. The topological polar surface area (TPSA) is 377 Å². The summed E-state index contributed by atoms with van der Waals surface area (Å²) in [5.74, 6) is -4.90. The van der Waals surface area contributed by atoms with Crippen molar-refractivity contribution >= 4 is 40.0 Å². The van der Waals surface area contributed by atoms with E-state index in [0.29, 0.717) is 12.2 Å². The van der Waals surface area contributed by atoms with Crippen LogP contribution in [0.1, 0.15) is 6.23 Å². The van der Waals surface area contributed by atoms with Crippen LogP contribution in [0.4, 0.5) is 5.82 Å². The van der Waals surface area contributed by atoms with Crippen LogP contribution >= 0.6 is 23.0 Å². The number of hydrogen-bond donors (Lipinski definition) is 5. The standard InChI is InChI=1S/C17H19N8O18P3/c18-14-11-15(20-4-19-14)22(5-21-11)16-13-12(8(40-16)3-39-46(37,38)43-45(35,36)6-44(32,33)34)41-17(42-13)9(24(28)29)1-7(23(26)27)2-10(17)25(30)31/h1-2,4-5,8-9,12-13,16H,3,6H2,(H,35,36)(H,37,38)(H2,18,19,20)(H2,32,33,34)/t8-,9?,12-,13-,16-,17+/m1/s1. The van der Waals surface area contributed by atoms with Crippen LogP contribution in [0.15, 0.2) is 36.2 Å². The molecule has 0 bridgehead atoms. The van der Waals surface area contributed by atoms with Crippen molar-refractivity contribution in [3.8, 4) is 0 Å². The minimum atomic E-state index is -5.63. The maximum atomic E-state index is 12.5. The van der Waals surface area contributed by atoms with Gasteiger partial charge in [-0.15, -0.1) is 0 Å². The predicted octanol–water partition coefficient (Wildman–Crippen LogP) is -0.780. The first-order chi connectivity index (χ1) is 21.2. The lowest BCUT2D eigenvalue weighted by Gasteiger charge is -2.30. The molecule has 2 fully saturated rings. The van der Waals surface area contributed by atoms with E-state index in [-0.39, 0.29) is 17.0 Å². The smallest absolute Gasteiger partial charge is 0.382 e. The largest absolute Gasteiger partial charge is 0.479 e. The Hall–Kier alpha value is -3.64. The molecule has 6 N–H and O–H groups in total. The molecule has 0 radical (unpaired) electrons. The highest BCUT2D eigenvalue weighted by Gasteiger charge is 2.72. The second kappa shape index (κ2) is 11.6. The van der Waals surface area contributed by atoms with Gasteiger partial charge in [-0.25, -0.2) is 23.8 Å². The number of allylic oxidation sites excluding steroid dienone is 1. The van der Waals surface area contributed by atoms with Crippen molar-refractivity contribution in [1.82, 2.24) is 19.5 Å². The number of rotatable bonds is 11. The number of ether oxygens (including phenoxy) is 3. The minimum absolute atomic E-state index is 0.0211. The number of nitrogens with zero attached hydrogens (tertiary/aromatic N) is 7. The van der Waals surface area contributed by atoms with Gasteiger partial charge in [0, 0.05) is 4.92 Å². The van der Waals surface area contributed by atoms with Gasteiger partial charge in [-0.1, -0.05) is 0 Å². The van der Waals surface area contributed by atoms with E-state index < -0.39 is 98.1 Å². The number of phosphoric ester groups is 1. The quantitative estimate of drug-likeness (QED) is 0.108. The zero-order chi connectivity index (χ0) is 34.0. The van der Waals surface area contributed by atoms with Gasteiger partial charge in [-0.05, 0) is 0 Å². The number of nitrogen functional groups attached to an aromatic ring is 1. The molecule has 2 aromatic heterocycles. The van der Waals surface area contributed by atoms with Crippen LogP contribution in [0.5, 0.6) is 0 Å². The normalized spacial score (nSPS) is 30.3. The van der Waals surface area contributed by atoms with Crippen molar-refractivity contribution in [2.75, 3.05) is 18.2 Å². The number of nitro groups is 3. The second-order valence-electron chi connectivity index (χ2n) is 9.64. The summed E-state index contributed by atoms with van der Waals surface area (Å²) >= 11 is 0. The van der Waals surface area contributed by atoms with Crippen LogP contribution in [0, 0.1) is 30.3 Å². The van der Waals surface area contributed by atoms with Gasteiger partial charge in [0.05, 0.1) is 34.9 Å². The average Bonchev–Trinajstić information content (AvgIpc) is 3.58. The van der Waals surface area contributed by atoms with Gasteiger partial charge >= 0.3 is 40.5 Å². The van der Waals surface area contributed by atoms with E-state index in [0.717, 1.165) is 17.2 Å². The molecule has 0 amide bonds. The van der Waals surface area contributed by atoms with Gasteiger partial charge in [0.25, 0.3) is 5.70 Å². The SMILES string of the molecule is Nc1ncnc2c1ncn2[C@@H]1O[C@H](COP(=O)(O)OP(=O)(O)CP(=O)(O)O)[C@H]2O[C@@]3(O[C@H]21)C([N+](=O)[O-])=CC([N+](=O)[O-])=CC3[N+](=O)[O-]. The van der Waals surface area contributed by atoms with Gasteiger partial charge in [0.1, 0.15) is 30.2 Å². The van der Waals surface area contributed by atoms with Crippen LogP contribution in [-0.2, 0) is 36.7 Å². The Bertz CT molecular complexity index is 1840. The summed E-state index contributed by atoms with van der Waals surface area (Å²) in [4.78, 5) is 81.5. The number of imidazole rings is 1. The lowest BCUT2D eigenvalue weighted by atomic mass is 9.96. The van der Waals surface area contributed by atoms with E-state index in [2.05, 4.69) is 19.3 Å². The molecule has 0 aromatic carbocycles. The van der Waals surface area contributed by atoms with Crippen molar-refractivity contribution in [3.05, 3.63) is 66.5 Å². The molecule has 3 unspecified atom stereocenters. The first-order valence-electron chi connectivity index (χ1n) is 12.1. The van der Waals surface area contributed by atoms with Crippen molar-refractivity contribution in [3.63, 3.8) is 0 Å². The third kappa shape index (κ3) is 6.33. The Morgan fingerprint density at radius 1 is 1.02 bits per heavy atom. The molecule has 2 saturated heterocycles. The predicted molar refractivity (Wildman–Crippen MR) is 141 cm³/mol. The zero-order valence-corrected chi connectivity index (χ0v) is 24.8. The molecule has 1 aliphatic carbocycles. The number of aromatic nitrogens is 4. The van der Waals surface area contributed by atoms with Crippen LogP contribution in [0.25, 0.3) is 11.2 Å². The average molecular weight is 716 g/mol. The molecule has 3 aliphatic rings. The fourth-order valence-corrected chi connectivity index (χ4v) is 9.25. The summed E-state index contributed by atoms with van der Waals surface area (Å²) < 4.78 is 62.8. The molecule has 0 saturated carbocycles. The summed E-state index contributed by atoms with van der Waals surface area (Å²) in [5, 5.41) is 35.6. The Morgan fingerprint density at radius 2 is 1.70 bits per heavy atom. The maximum Gasteiger partial charge on any atom is 0.479 e. The van der Waals surface area contributed by atoms with Crippen LogP contribution in [0.3, 0.4) is 0 Å². The van der Waals surface area contributed by atoms with Gasteiger partial charge in [-0.3, -0.25) is 48.6 Å². The van der Waals surface area contributed by atoms with E-state index in [9.17, 15) is 53.8 Å². The molecular formula is C17H19N8O18P3. The molecule has 2 aromatic rings. The third-order valence-electron chi connectivity index (χ3n) is 6.56. The van der Waals surface area contributed by atoms with Crippen LogP contribution < -0.4 is 5.73 Å². The molecular weight excluding hydrogens is 697 g/mol. The zero-order valence-electron chi connectivity index (χ0n) is 22.2. The molecule has 26 nitrogen and oxygen atoms in total. The molecule has 46 heavy (non-hydrogen) atoms. The first kappa shape index (κ1) is 33.7. The van der Waals surface area contributed by atoms with Crippen molar-refractivity contribution in [1.29, 1.82) is 0 Å². The summed E-state index contributed by atoms with van der Waals surface area (Å²) in [6, 6.07) is -2.40. The molecule has 250 valence electrons. The number of fused-ring (bicyclic) bond motifs is 2. The Labute approximate surface area is 252 Å². The molecule has 8 atom stereocenters. The van der Waals surface area contributed by atoms with Crippen LogP contribution in [-0.4, -0.2) is 96.5 Å². The van der Waals surface area contributed by atoms with Gasteiger partial charge < -0.3 is 39.5 Å². The fraction of sp³-hybridized carbons (Fsp3) is 0.471. The Morgan fingerprint density at radius 3 is 2.30 bits per heavy atom. The molecule has 2 aliphatic heterocycles. The van der Waals surface area contributed by atoms with E-state index in [4.69, 9.17) is 34.3 Å². The second-order valence-corrected chi connectivity index (χ2v) is 15.2. The number of nitrogens with two attached hydrogens (primary N) is 1. The molecule has 29 heteroatoms. The van der Waals surface area contributed by atoms with Gasteiger partial charge in [-0.2, -0.15) is 0 Å². The van der Waals surface area contributed by atoms with E-state index in [1.54, 1.807) is 0 Å². The highest BCUT2D eigenvalue weighted by molar-refractivity contribution is 7.73. The highest BCUT2D eigenvalue weighted by atomic mass is 31.3. The van der Waals surface area contributed by atoms with Crippen LogP contribution in [0.2, 0.25) is 0 Å². The molecule has 4 heterocycles. The van der Waals surface area contributed by atoms with Crippen molar-refractivity contribution in [2.45, 2.75) is 36.4 Å². The molecule has 5 rings (SSSR count). The number of hydrogen-bond acceptors (Lipinski definition) is 18. The third-order valence-corrected chi connectivity index (χ3v) is 11.8. The van der Waals surface area contributed by atoms with Crippen molar-refractivity contribution < 1.29 is 71.1 Å². The fourth-order valence-electron chi connectivity index (χ4n) is 4.90. The highest BCUT2D eigenvalue weighted by Crippen LogP contribution is 2.65. The summed E-state index contributed by atoms with van der Waals surface area (Å²) in [6.07, 6.45) is -3.55. The maximum absolute atomic E-state index is 12.5. The Kier molecular flexibility index (Phi) is 8.47. The van der Waals surface area contributed by atoms with Gasteiger partial charge in [0.15, 0.2) is 23.6 Å². The van der Waals surface area contributed by atoms with Gasteiger partial charge in [0.2, 0.25) is 0 Å². The Balaban J connectivity index is 1.53. The first-order valence-corrected chi connectivity index (χ1v) is 17.1. The monoisotopic (exact) mass is 716 g/mol. The van der Waals surface area contributed by atoms with E-state index in [1.165, 1.54) is 0 Å². The lowest BCUT2D eigenvalue weighted by Crippen LogP contribution is -2.53. The summed E-state index contributed by atoms with van der Waals surface area (Å²) in [5.41, 5.74) is 3.54. The van der Waals surface area contributed by atoms with Crippen molar-refractivity contribution in [2.24, 2.45) is 0 Å². The summed E-state index contributed by atoms with van der Waals surface area (Å²) in [7, 11) is -16.3. The summed E-state index contributed by atoms with van der Waals surface area (Å²) in [6.45, 7) is -1.14. The number of phosphoric acid groups is 1. The minimum Gasteiger partial charge on any atom is -0.382 e. The lowest BCUT2D eigenvalue weighted by molar-refractivity contribution is -0.569. The molecule has 1 spiro atoms. The van der Waals surface area contributed by atoms with E-state index >= 15 is 0 Å².